The van der Waals surface area contributed by atoms with Gasteiger partial charge in [-0.2, -0.15) is 0 Å². The van der Waals surface area contributed by atoms with Crippen LogP contribution >= 0.6 is 15.9 Å². The highest BCUT2D eigenvalue weighted by Crippen LogP contribution is 2.25. The third-order valence-electron chi connectivity index (χ3n) is 2.68. The van der Waals surface area contributed by atoms with Crippen LogP contribution in [0.1, 0.15) is 0 Å². The summed E-state index contributed by atoms with van der Waals surface area (Å²) in [4.78, 5) is 7.50. The summed E-state index contributed by atoms with van der Waals surface area (Å²) in [5.41, 5.74) is 8.64. The number of nitrogens with one attached hydrogen (secondary N) is 1. The Morgan fingerprint density at radius 3 is 2.83 bits per heavy atom. The first-order valence-corrected chi connectivity index (χ1v) is 6.13. The number of rotatable bonds is 1. The summed E-state index contributed by atoms with van der Waals surface area (Å²) in [7, 11) is 0. The number of nitrogen functional groups attached to an aromatic ring is 1. The molecule has 5 heteroatoms. The van der Waals surface area contributed by atoms with E-state index in [0.29, 0.717) is 27.0 Å². The Bertz CT molecular complexity index is 697. The zero-order valence-electron chi connectivity index (χ0n) is 9.24. The highest BCUT2D eigenvalue weighted by atomic mass is 79.9. The minimum atomic E-state index is -0.315. The predicted molar refractivity (Wildman–Crippen MR) is 73.6 cm³/mol. The maximum atomic E-state index is 13.4. The van der Waals surface area contributed by atoms with Crippen molar-refractivity contribution in [2.75, 3.05) is 5.73 Å². The van der Waals surface area contributed by atoms with Crippen molar-refractivity contribution >= 4 is 32.7 Å². The van der Waals surface area contributed by atoms with Crippen LogP contribution in [0.3, 0.4) is 0 Å². The summed E-state index contributed by atoms with van der Waals surface area (Å²) in [6, 6.07) is 10.5. The Hall–Kier alpha value is -1.88. The monoisotopic (exact) mass is 305 g/mol. The number of hydrogen-bond donors (Lipinski definition) is 2. The van der Waals surface area contributed by atoms with Crippen molar-refractivity contribution in [1.29, 1.82) is 0 Å². The zero-order chi connectivity index (χ0) is 12.7. The molecule has 1 heterocycles. The van der Waals surface area contributed by atoms with E-state index in [1.54, 1.807) is 6.07 Å². The summed E-state index contributed by atoms with van der Waals surface area (Å²) in [5.74, 6) is 0.361. The van der Waals surface area contributed by atoms with Gasteiger partial charge in [0.1, 0.15) is 11.6 Å². The van der Waals surface area contributed by atoms with Crippen molar-refractivity contribution < 1.29 is 4.39 Å². The van der Waals surface area contributed by atoms with Crippen LogP contribution in [0, 0.1) is 5.82 Å². The second-order valence-corrected chi connectivity index (χ2v) is 4.85. The normalized spacial score (nSPS) is 11.0. The predicted octanol–water partition coefficient (Wildman–Crippen LogP) is 3.71. The largest absolute Gasteiger partial charge is 0.399 e. The van der Waals surface area contributed by atoms with Gasteiger partial charge in [0, 0.05) is 17.3 Å². The van der Waals surface area contributed by atoms with Crippen LogP contribution in [0.4, 0.5) is 10.1 Å². The maximum absolute atomic E-state index is 13.4. The van der Waals surface area contributed by atoms with E-state index in [2.05, 4.69) is 25.9 Å². The fourth-order valence-electron chi connectivity index (χ4n) is 1.83. The molecule has 3 rings (SSSR count). The molecule has 90 valence electrons. The number of nitrogens with zero attached hydrogens (tertiary/aromatic N) is 1. The molecule has 0 fully saturated rings. The standard InChI is InChI=1S/C13H9BrFN3/c14-9-5-11-12(6-10(9)15)18-13(17-11)7-2-1-3-8(16)4-7/h1-6H,16H2,(H,17,18). The Morgan fingerprint density at radius 1 is 1.22 bits per heavy atom. The van der Waals surface area contributed by atoms with E-state index in [0.717, 1.165) is 5.56 Å². The molecular formula is C13H9BrFN3. The first kappa shape index (κ1) is 11.2. The summed E-state index contributed by atoms with van der Waals surface area (Å²) in [6.45, 7) is 0. The number of halogens is 2. The fourth-order valence-corrected chi connectivity index (χ4v) is 2.16. The lowest BCUT2D eigenvalue weighted by Crippen LogP contribution is -1.86. The van der Waals surface area contributed by atoms with Crippen molar-refractivity contribution in [3.05, 3.63) is 46.7 Å². The molecule has 18 heavy (non-hydrogen) atoms. The minimum Gasteiger partial charge on any atom is -0.399 e. The molecule has 3 N–H and O–H groups in total. The number of hydrogen-bond acceptors (Lipinski definition) is 2. The number of aromatic amines is 1. The van der Waals surface area contributed by atoms with Gasteiger partial charge in [-0.3, -0.25) is 0 Å². The third-order valence-corrected chi connectivity index (χ3v) is 3.29. The number of anilines is 1. The van der Waals surface area contributed by atoms with Gasteiger partial charge in [0.2, 0.25) is 0 Å². The van der Waals surface area contributed by atoms with E-state index >= 15 is 0 Å². The zero-order valence-corrected chi connectivity index (χ0v) is 10.8. The SMILES string of the molecule is Nc1cccc(-c2nc3cc(Br)c(F)cc3[nH]2)c1. The molecule has 0 radical (unpaired) electrons. The Balaban J connectivity index is 2.19. The van der Waals surface area contributed by atoms with Gasteiger partial charge in [0.15, 0.2) is 0 Å². The van der Waals surface area contributed by atoms with Gasteiger partial charge < -0.3 is 10.7 Å². The van der Waals surface area contributed by atoms with Crippen LogP contribution in [0.2, 0.25) is 0 Å². The quantitative estimate of drug-likeness (QED) is 0.673. The molecule has 0 unspecified atom stereocenters. The number of benzene rings is 2. The second-order valence-electron chi connectivity index (χ2n) is 3.99. The van der Waals surface area contributed by atoms with Gasteiger partial charge in [-0.1, -0.05) is 12.1 Å². The highest BCUT2D eigenvalue weighted by molar-refractivity contribution is 9.10. The molecule has 0 saturated carbocycles. The molecule has 0 aliphatic rings. The molecule has 0 atom stereocenters. The molecule has 2 aromatic carbocycles. The van der Waals surface area contributed by atoms with Crippen molar-refractivity contribution in [3.63, 3.8) is 0 Å². The van der Waals surface area contributed by atoms with Gasteiger partial charge in [-0.25, -0.2) is 9.37 Å². The highest BCUT2D eigenvalue weighted by Gasteiger charge is 2.08. The summed E-state index contributed by atoms with van der Waals surface area (Å²) >= 11 is 3.14. The lowest BCUT2D eigenvalue weighted by Gasteiger charge is -1.97. The number of fused-ring (bicyclic) bond motifs is 1. The number of aromatic nitrogens is 2. The molecule has 0 amide bonds. The molecule has 0 aliphatic carbocycles. The van der Waals surface area contributed by atoms with Gasteiger partial charge >= 0.3 is 0 Å². The topological polar surface area (TPSA) is 54.7 Å². The van der Waals surface area contributed by atoms with E-state index in [-0.39, 0.29) is 5.82 Å². The average molecular weight is 306 g/mol. The van der Waals surface area contributed by atoms with E-state index in [4.69, 9.17) is 5.73 Å². The van der Waals surface area contributed by atoms with Crippen LogP contribution in [0.15, 0.2) is 40.9 Å². The van der Waals surface area contributed by atoms with E-state index in [1.807, 2.05) is 24.3 Å². The van der Waals surface area contributed by atoms with Crippen molar-refractivity contribution in [3.8, 4) is 11.4 Å². The first-order valence-electron chi connectivity index (χ1n) is 5.34. The third kappa shape index (κ3) is 1.86. The van der Waals surface area contributed by atoms with E-state index < -0.39 is 0 Å². The molecule has 3 nitrogen and oxygen atoms in total. The minimum absolute atomic E-state index is 0.315. The lowest BCUT2D eigenvalue weighted by molar-refractivity contribution is 0.623. The van der Waals surface area contributed by atoms with Gasteiger partial charge in [0.25, 0.3) is 0 Å². The first-order chi connectivity index (χ1) is 8.63. The van der Waals surface area contributed by atoms with Gasteiger partial charge in [0.05, 0.1) is 15.5 Å². The summed E-state index contributed by atoms with van der Waals surface area (Å²) in [5, 5.41) is 0. The molecular weight excluding hydrogens is 297 g/mol. The molecule has 0 saturated heterocycles. The lowest BCUT2D eigenvalue weighted by atomic mass is 10.2. The molecule has 0 aliphatic heterocycles. The maximum Gasteiger partial charge on any atom is 0.139 e. The smallest absolute Gasteiger partial charge is 0.139 e. The summed E-state index contributed by atoms with van der Waals surface area (Å²) < 4.78 is 13.8. The van der Waals surface area contributed by atoms with E-state index in [1.165, 1.54) is 6.07 Å². The van der Waals surface area contributed by atoms with Gasteiger partial charge in [-0.15, -0.1) is 0 Å². The number of imidazole rings is 1. The van der Waals surface area contributed by atoms with E-state index in [9.17, 15) is 4.39 Å². The van der Waals surface area contributed by atoms with Gasteiger partial charge in [-0.05, 0) is 34.1 Å². The molecule has 0 spiro atoms. The molecule has 1 aromatic heterocycles. The van der Waals surface area contributed by atoms with Crippen molar-refractivity contribution in [2.45, 2.75) is 0 Å². The Labute approximate surface area is 111 Å². The van der Waals surface area contributed by atoms with Crippen LogP contribution in [-0.2, 0) is 0 Å². The van der Waals surface area contributed by atoms with Crippen LogP contribution in [0.5, 0.6) is 0 Å². The van der Waals surface area contributed by atoms with Crippen LogP contribution < -0.4 is 5.73 Å². The molecule has 3 aromatic rings. The number of H-pyrrole nitrogens is 1. The Morgan fingerprint density at radius 2 is 2.06 bits per heavy atom. The Kier molecular flexibility index (Phi) is 2.56. The number of nitrogens with two attached hydrogens (primary N) is 1. The fraction of sp³-hybridized carbons (Fsp3) is 0. The average Bonchev–Trinajstić information content (AvgIpc) is 2.73. The van der Waals surface area contributed by atoms with Crippen molar-refractivity contribution in [2.24, 2.45) is 0 Å². The molecule has 0 bridgehead atoms. The summed E-state index contributed by atoms with van der Waals surface area (Å²) in [6.07, 6.45) is 0. The van der Waals surface area contributed by atoms with Crippen LogP contribution in [-0.4, -0.2) is 9.97 Å². The van der Waals surface area contributed by atoms with Crippen molar-refractivity contribution in [1.82, 2.24) is 9.97 Å². The van der Waals surface area contributed by atoms with Crippen LogP contribution in [0.25, 0.3) is 22.4 Å². The second kappa shape index (κ2) is 4.10.